The SMILES string of the molecule is CCn1oc(C)cc1=S. The van der Waals surface area contributed by atoms with Gasteiger partial charge in [-0.2, -0.15) is 4.74 Å². The lowest BCUT2D eigenvalue weighted by atomic mass is 10.5. The summed E-state index contributed by atoms with van der Waals surface area (Å²) in [6.07, 6.45) is 0. The second-order valence-corrected chi connectivity index (χ2v) is 2.30. The van der Waals surface area contributed by atoms with Crippen LogP contribution in [0.1, 0.15) is 12.7 Å². The molecule has 9 heavy (non-hydrogen) atoms. The van der Waals surface area contributed by atoms with E-state index in [4.69, 9.17) is 16.7 Å². The van der Waals surface area contributed by atoms with Crippen molar-refractivity contribution in [2.24, 2.45) is 0 Å². The monoisotopic (exact) mass is 143 g/mol. The first kappa shape index (κ1) is 6.55. The second kappa shape index (κ2) is 2.35. The van der Waals surface area contributed by atoms with E-state index in [1.807, 2.05) is 19.9 Å². The van der Waals surface area contributed by atoms with Gasteiger partial charge in [-0.1, -0.05) is 12.2 Å². The minimum absolute atomic E-state index is 0.773. The molecule has 0 aliphatic carbocycles. The van der Waals surface area contributed by atoms with Gasteiger partial charge in [0.25, 0.3) is 0 Å². The molecule has 0 saturated carbocycles. The fourth-order valence-corrected chi connectivity index (χ4v) is 1.04. The highest BCUT2D eigenvalue weighted by Gasteiger charge is 1.93. The summed E-state index contributed by atoms with van der Waals surface area (Å²) in [5.74, 6) is 0.877. The first-order chi connectivity index (χ1) is 4.24. The van der Waals surface area contributed by atoms with Crippen molar-refractivity contribution in [2.75, 3.05) is 0 Å². The van der Waals surface area contributed by atoms with Crippen LogP contribution >= 0.6 is 12.2 Å². The Labute approximate surface area is 59.1 Å². The Morgan fingerprint density at radius 1 is 1.78 bits per heavy atom. The zero-order valence-electron chi connectivity index (χ0n) is 5.55. The van der Waals surface area contributed by atoms with Crippen molar-refractivity contribution >= 4 is 12.2 Å². The number of nitrogens with zero attached hydrogens (tertiary/aromatic N) is 1. The van der Waals surface area contributed by atoms with Crippen molar-refractivity contribution in [3.63, 3.8) is 0 Å². The number of hydrogen-bond donors (Lipinski definition) is 0. The van der Waals surface area contributed by atoms with Gasteiger partial charge < -0.3 is 4.52 Å². The maximum absolute atomic E-state index is 5.18. The topological polar surface area (TPSA) is 18.1 Å². The summed E-state index contributed by atoms with van der Waals surface area (Å²) in [4.78, 5) is 0. The maximum Gasteiger partial charge on any atom is 0.141 e. The van der Waals surface area contributed by atoms with Gasteiger partial charge in [0.1, 0.15) is 10.4 Å². The third-order valence-electron chi connectivity index (χ3n) is 1.11. The van der Waals surface area contributed by atoms with Gasteiger partial charge in [0, 0.05) is 6.07 Å². The lowest BCUT2D eigenvalue weighted by molar-refractivity contribution is 0.261. The molecule has 0 aliphatic rings. The molecule has 1 heterocycles. The number of rotatable bonds is 1. The molecule has 0 saturated heterocycles. The average molecular weight is 143 g/mol. The summed E-state index contributed by atoms with van der Waals surface area (Å²) in [6.45, 7) is 4.70. The Kier molecular flexibility index (Phi) is 1.71. The molecule has 1 aromatic rings. The van der Waals surface area contributed by atoms with E-state index in [1.165, 1.54) is 0 Å². The lowest BCUT2D eigenvalue weighted by Crippen LogP contribution is -1.88. The number of aromatic nitrogens is 1. The molecule has 3 heteroatoms. The Balaban J connectivity index is 3.16. The van der Waals surface area contributed by atoms with Crippen LogP contribution in [0.4, 0.5) is 0 Å². The predicted octanol–water partition coefficient (Wildman–Crippen LogP) is 2.14. The fourth-order valence-electron chi connectivity index (χ4n) is 0.711. The summed E-state index contributed by atoms with van der Waals surface area (Å²) in [5, 5.41) is 0. The molecule has 0 fully saturated rings. The van der Waals surface area contributed by atoms with E-state index in [0.29, 0.717) is 0 Å². The van der Waals surface area contributed by atoms with Gasteiger partial charge in [-0.05, 0) is 13.8 Å². The summed E-state index contributed by atoms with van der Waals surface area (Å²) in [5.41, 5.74) is 0. The average Bonchev–Trinajstić information content (AvgIpc) is 2.10. The standard InChI is InChI=1S/C6H9NOS/c1-3-7-6(9)4-5(2)8-7/h4H,3H2,1-2H3. The third-order valence-corrected chi connectivity index (χ3v) is 1.44. The van der Waals surface area contributed by atoms with Gasteiger partial charge in [0.15, 0.2) is 0 Å². The zero-order valence-corrected chi connectivity index (χ0v) is 6.36. The van der Waals surface area contributed by atoms with Crippen molar-refractivity contribution < 1.29 is 4.52 Å². The molecule has 0 atom stereocenters. The normalized spacial score (nSPS) is 10.0. The first-order valence-corrected chi connectivity index (χ1v) is 3.32. The quantitative estimate of drug-likeness (QED) is 0.560. The molecule has 0 aliphatic heterocycles. The van der Waals surface area contributed by atoms with E-state index in [9.17, 15) is 0 Å². The van der Waals surface area contributed by atoms with Gasteiger partial charge in [-0.15, -0.1) is 0 Å². The molecular formula is C6H9NOS. The molecule has 1 aromatic heterocycles. The van der Waals surface area contributed by atoms with Crippen LogP contribution in [0, 0.1) is 11.6 Å². The minimum atomic E-state index is 0.773. The van der Waals surface area contributed by atoms with E-state index in [1.54, 1.807) is 4.74 Å². The predicted molar refractivity (Wildman–Crippen MR) is 37.9 cm³/mol. The van der Waals surface area contributed by atoms with Crippen molar-refractivity contribution in [3.05, 3.63) is 16.5 Å². The van der Waals surface area contributed by atoms with E-state index < -0.39 is 0 Å². The van der Waals surface area contributed by atoms with Crippen molar-refractivity contribution in [1.82, 2.24) is 4.74 Å². The molecule has 0 radical (unpaired) electrons. The van der Waals surface area contributed by atoms with Gasteiger partial charge in [0.05, 0.1) is 6.54 Å². The Bertz CT molecular complexity index is 248. The lowest BCUT2D eigenvalue weighted by Gasteiger charge is -1.90. The summed E-state index contributed by atoms with van der Waals surface area (Å²) >= 11 is 4.94. The van der Waals surface area contributed by atoms with Gasteiger partial charge >= 0.3 is 0 Å². The van der Waals surface area contributed by atoms with Crippen LogP contribution < -0.4 is 0 Å². The summed E-state index contributed by atoms with van der Waals surface area (Å²) in [7, 11) is 0. The highest BCUT2D eigenvalue weighted by Crippen LogP contribution is 2.00. The molecule has 50 valence electrons. The largest absolute Gasteiger partial charge is 0.383 e. The van der Waals surface area contributed by atoms with Crippen LogP contribution in [0.2, 0.25) is 0 Å². The second-order valence-electron chi connectivity index (χ2n) is 1.88. The molecule has 0 unspecified atom stereocenters. The molecule has 1 rings (SSSR count). The molecule has 0 bridgehead atoms. The summed E-state index contributed by atoms with van der Waals surface area (Å²) < 4.78 is 7.63. The highest BCUT2D eigenvalue weighted by molar-refractivity contribution is 7.71. The van der Waals surface area contributed by atoms with Gasteiger partial charge in [-0.25, -0.2) is 0 Å². The van der Waals surface area contributed by atoms with Crippen molar-refractivity contribution in [1.29, 1.82) is 0 Å². The van der Waals surface area contributed by atoms with E-state index >= 15 is 0 Å². The number of aryl methyl sites for hydroxylation is 2. The maximum atomic E-state index is 5.18. The molecule has 0 aromatic carbocycles. The first-order valence-electron chi connectivity index (χ1n) is 2.92. The Hall–Kier alpha value is -0.570. The minimum Gasteiger partial charge on any atom is -0.383 e. The molecule has 0 spiro atoms. The van der Waals surface area contributed by atoms with Crippen LogP contribution in [0.15, 0.2) is 10.6 Å². The third kappa shape index (κ3) is 1.21. The summed E-state index contributed by atoms with van der Waals surface area (Å²) in [6, 6.07) is 1.85. The van der Waals surface area contributed by atoms with Crippen LogP contribution in [-0.4, -0.2) is 4.74 Å². The van der Waals surface area contributed by atoms with Crippen molar-refractivity contribution in [3.8, 4) is 0 Å². The van der Waals surface area contributed by atoms with Gasteiger partial charge in [0.2, 0.25) is 0 Å². The smallest absolute Gasteiger partial charge is 0.141 e. The van der Waals surface area contributed by atoms with Crippen LogP contribution in [0.25, 0.3) is 0 Å². The van der Waals surface area contributed by atoms with Crippen molar-refractivity contribution in [2.45, 2.75) is 20.4 Å². The molecular weight excluding hydrogens is 134 g/mol. The van der Waals surface area contributed by atoms with Gasteiger partial charge in [-0.3, -0.25) is 0 Å². The number of hydrogen-bond acceptors (Lipinski definition) is 2. The Morgan fingerprint density at radius 2 is 2.44 bits per heavy atom. The molecule has 0 amide bonds. The Morgan fingerprint density at radius 3 is 2.67 bits per heavy atom. The molecule has 2 nitrogen and oxygen atoms in total. The molecule has 0 N–H and O–H groups in total. The van der Waals surface area contributed by atoms with Crippen LogP contribution in [0.3, 0.4) is 0 Å². The van der Waals surface area contributed by atoms with E-state index in [0.717, 1.165) is 16.9 Å². The zero-order chi connectivity index (χ0) is 6.85. The highest BCUT2D eigenvalue weighted by atomic mass is 32.1. The van der Waals surface area contributed by atoms with E-state index in [2.05, 4.69) is 0 Å². The van der Waals surface area contributed by atoms with Crippen LogP contribution in [-0.2, 0) is 6.54 Å². The fraction of sp³-hybridized carbons (Fsp3) is 0.500. The van der Waals surface area contributed by atoms with Crippen LogP contribution in [0.5, 0.6) is 0 Å². The van der Waals surface area contributed by atoms with E-state index in [-0.39, 0.29) is 0 Å².